The molecule has 2 fully saturated rings. The van der Waals surface area contributed by atoms with E-state index in [4.69, 9.17) is 5.26 Å². The van der Waals surface area contributed by atoms with E-state index in [1.54, 1.807) is 0 Å². The van der Waals surface area contributed by atoms with E-state index in [-0.39, 0.29) is 0 Å². The van der Waals surface area contributed by atoms with Gasteiger partial charge in [-0.1, -0.05) is 12.1 Å². The number of nitrogens with zero attached hydrogens (tertiary/aromatic N) is 4. The van der Waals surface area contributed by atoms with Gasteiger partial charge in [-0.15, -0.1) is 0 Å². The van der Waals surface area contributed by atoms with Crippen LogP contribution in [0.4, 0.5) is 11.4 Å². The summed E-state index contributed by atoms with van der Waals surface area (Å²) in [7, 11) is 4.15. The summed E-state index contributed by atoms with van der Waals surface area (Å²) >= 11 is 0. The highest BCUT2D eigenvalue weighted by Gasteiger charge is 2.42. The normalized spacial score (nSPS) is 22.2. The first-order valence-electron chi connectivity index (χ1n) is 8.91. The average Bonchev–Trinajstić information content (AvgIpc) is 3.23. The number of fused-ring (bicyclic) bond motifs is 2. The van der Waals surface area contributed by atoms with Crippen LogP contribution in [0, 0.1) is 11.3 Å². The van der Waals surface area contributed by atoms with E-state index < -0.39 is 0 Å². The minimum atomic E-state index is 0.619. The number of benzene rings is 2. The molecule has 0 unspecified atom stereocenters. The van der Waals surface area contributed by atoms with Crippen LogP contribution in [0.5, 0.6) is 0 Å². The van der Waals surface area contributed by atoms with Gasteiger partial charge in [-0.05, 0) is 48.4 Å². The molecule has 0 N–H and O–H groups in total. The van der Waals surface area contributed by atoms with Crippen molar-refractivity contribution < 1.29 is 0 Å². The summed E-state index contributed by atoms with van der Waals surface area (Å²) in [5.74, 6) is 0. The quantitative estimate of drug-likeness (QED) is 0.861. The maximum absolute atomic E-state index is 8.91. The molecule has 0 aromatic heterocycles. The van der Waals surface area contributed by atoms with Crippen molar-refractivity contribution in [3.63, 3.8) is 0 Å². The first-order valence-corrected chi connectivity index (χ1v) is 8.91. The monoisotopic (exact) mass is 332 g/mol. The SMILES string of the molecule is CN(C)c1ccc(N2C[C@@H]3C[C@H]2CN3Cc2ccc(C#N)cc2)cc1. The number of likely N-dealkylation sites (tertiary alicyclic amines) is 1. The standard InChI is InChI=1S/C21H24N4/c1-23(2)18-7-9-19(10-8-18)25-15-20-11-21(25)14-24(20)13-17-5-3-16(12-22)4-6-17/h3-10,20-21H,11,13-15H2,1-2H3/t20-,21-/m0/s1. The molecule has 25 heavy (non-hydrogen) atoms. The van der Waals surface area contributed by atoms with Crippen molar-refractivity contribution in [2.45, 2.75) is 25.0 Å². The average molecular weight is 332 g/mol. The van der Waals surface area contributed by atoms with Gasteiger partial charge in [0, 0.05) is 57.2 Å². The lowest BCUT2D eigenvalue weighted by Crippen LogP contribution is -2.46. The lowest BCUT2D eigenvalue weighted by molar-refractivity contribution is 0.230. The first kappa shape index (κ1) is 16.0. The van der Waals surface area contributed by atoms with Gasteiger partial charge in [0.2, 0.25) is 0 Å². The van der Waals surface area contributed by atoms with Crippen molar-refractivity contribution in [1.82, 2.24) is 4.90 Å². The lowest BCUT2D eigenvalue weighted by Gasteiger charge is -2.35. The van der Waals surface area contributed by atoms with Gasteiger partial charge in [0.15, 0.2) is 0 Å². The molecule has 4 nitrogen and oxygen atoms in total. The van der Waals surface area contributed by atoms with Crippen molar-refractivity contribution >= 4 is 11.4 Å². The molecule has 2 aliphatic heterocycles. The van der Waals surface area contributed by atoms with Crippen molar-refractivity contribution in [1.29, 1.82) is 5.26 Å². The van der Waals surface area contributed by atoms with Gasteiger partial charge in [-0.3, -0.25) is 4.90 Å². The molecule has 2 saturated heterocycles. The van der Waals surface area contributed by atoms with E-state index in [0.29, 0.717) is 12.1 Å². The van der Waals surface area contributed by atoms with E-state index in [1.165, 1.54) is 23.4 Å². The number of rotatable bonds is 4. The Morgan fingerprint density at radius 1 is 1.00 bits per heavy atom. The molecule has 4 rings (SSSR count). The Bertz CT molecular complexity index is 773. The number of piperazine rings is 1. The van der Waals surface area contributed by atoms with Gasteiger partial charge in [-0.2, -0.15) is 5.26 Å². The van der Waals surface area contributed by atoms with E-state index >= 15 is 0 Å². The molecule has 2 atom stereocenters. The molecule has 0 spiro atoms. The maximum atomic E-state index is 8.91. The summed E-state index contributed by atoms with van der Waals surface area (Å²) in [5, 5.41) is 8.91. The Morgan fingerprint density at radius 3 is 2.28 bits per heavy atom. The zero-order valence-corrected chi connectivity index (χ0v) is 14.9. The van der Waals surface area contributed by atoms with Crippen LogP contribution in [0.2, 0.25) is 0 Å². The second-order valence-electron chi connectivity index (χ2n) is 7.34. The molecule has 0 amide bonds. The first-order chi connectivity index (χ1) is 12.1. The zero-order valence-electron chi connectivity index (χ0n) is 14.9. The Labute approximate surface area is 149 Å². The van der Waals surface area contributed by atoms with E-state index in [9.17, 15) is 0 Å². The minimum Gasteiger partial charge on any atom is -0.378 e. The smallest absolute Gasteiger partial charge is 0.0991 e. The van der Waals surface area contributed by atoms with Crippen LogP contribution in [-0.2, 0) is 6.54 Å². The molecule has 2 aromatic rings. The third-order valence-corrected chi connectivity index (χ3v) is 5.52. The summed E-state index contributed by atoms with van der Waals surface area (Å²) in [6, 6.07) is 20.4. The molecule has 128 valence electrons. The molecule has 4 heteroatoms. The van der Waals surface area contributed by atoms with E-state index in [1.807, 2.05) is 12.1 Å². The third kappa shape index (κ3) is 3.08. The summed E-state index contributed by atoms with van der Waals surface area (Å²) in [5.41, 5.74) is 4.62. The minimum absolute atomic E-state index is 0.619. The molecule has 2 aromatic carbocycles. The molecule has 2 heterocycles. The fourth-order valence-corrected chi connectivity index (χ4v) is 4.12. The van der Waals surface area contributed by atoms with Crippen molar-refractivity contribution in [2.75, 3.05) is 37.0 Å². The molecule has 0 radical (unpaired) electrons. The van der Waals surface area contributed by atoms with Gasteiger partial charge in [-0.25, -0.2) is 0 Å². The molecule has 0 saturated carbocycles. The second kappa shape index (κ2) is 6.42. The molecule has 2 aliphatic rings. The highest BCUT2D eigenvalue weighted by atomic mass is 15.3. The van der Waals surface area contributed by atoms with Gasteiger partial charge in [0.25, 0.3) is 0 Å². The van der Waals surface area contributed by atoms with Gasteiger partial charge in [0.1, 0.15) is 0 Å². The van der Waals surface area contributed by atoms with Crippen LogP contribution in [0.1, 0.15) is 17.5 Å². The predicted molar refractivity (Wildman–Crippen MR) is 102 cm³/mol. The number of nitriles is 1. The summed E-state index contributed by atoms with van der Waals surface area (Å²) in [6.07, 6.45) is 1.26. The summed E-state index contributed by atoms with van der Waals surface area (Å²) in [4.78, 5) is 7.30. The highest BCUT2D eigenvalue weighted by Crippen LogP contribution is 2.35. The van der Waals surface area contributed by atoms with Crippen LogP contribution in [-0.4, -0.2) is 44.2 Å². The fourth-order valence-electron chi connectivity index (χ4n) is 4.12. The molecule has 2 bridgehead atoms. The summed E-state index contributed by atoms with van der Waals surface area (Å²) in [6.45, 7) is 3.22. The van der Waals surface area contributed by atoms with Crippen LogP contribution >= 0.6 is 0 Å². The van der Waals surface area contributed by atoms with Crippen LogP contribution in [0.15, 0.2) is 48.5 Å². The zero-order chi connectivity index (χ0) is 17.4. The van der Waals surface area contributed by atoms with Gasteiger partial charge in [0.05, 0.1) is 11.6 Å². The largest absolute Gasteiger partial charge is 0.378 e. The van der Waals surface area contributed by atoms with Crippen LogP contribution in [0.25, 0.3) is 0 Å². The number of anilines is 2. The highest BCUT2D eigenvalue weighted by molar-refractivity contribution is 5.57. The van der Waals surface area contributed by atoms with Crippen molar-refractivity contribution in [2.24, 2.45) is 0 Å². The Kier molecular flexibility index (Phi) is 4.10. The van der Waals surface area contributed by atoms with Crippen molar-refractivity contribution in [3.8, 4) is 6.07 Å². The van der Waals surface area contributed by atoms with E-state index in [0.717, 1.165) is 25.2 Å². The maximum Gasteiger partial charge on any atom is 0.0991 e. The predicted octanol–water partition coefficient (Wildman–Crippen LogP) is 3.09. The lowest BCUT2D eigenvalue weighted by atomic mass is 10.1. The van der Waals surface area contributed by atoms with Gasteiger partial charge < -0.3 is 9.80 Å². The molecular weight excluding hydrogens is 308 g/mol. The topological polar surface area (TPSA) is 33.5 Å². The summed E-state index contributed by atoms with van der Waals surface area (Å²) < 4.78 is 0. The Hall–Kier alpha value is -2.51. The second-order valence-corrected chi connectivity index (χ2v) is 7.34. The van der Waals surface area contributed by atoms with E-state index in [2.05, 4.69) is 71.3 Å². The van der Waals surface area contributed by atoms with Crippen LogP contribution in [0.3, 0.4) is 0 Å². The Morgan fingerprint density at radius 2 is 1.72 bits per heavy atom. The number of hydrogen-bond donors (Lipinski definition) is 0. The number of hydrogen-bond acceptors (Lipinski definition) is 4. The van der Waals surface area contributed by atoms with Crippen LogP contribution < -0.4 is 9.80 Å². The molecule has 0 aliphatic carbocycles. The third-order valence-electron chi connectivity index (χ3n) is 5.52. The fraction of sp³-hybridized carbons (Fsp3) is 0.381. The Balaban J connectivity index is 1.40. The molecular formula is C21H24N4. The van der Waals surface area contributed by atoms with Crippen molar-refractivity contribution in [3.05, 3.63) is 59.7 Å². The van der Waals surface area contributed by atoms with Gasteiger partial charge >= 0.3 is 0 Å².